The molecular weight excluding hydrogens is 238 g/mol. The number of hydrogen-bond acceptors (Lipinski definition) is 4. The third-order valence-corrected chi connectivity index (χ3v) is 2.81. The number of anilines is 1. The van der Waals surface area contributed by atoms with E-state index >= 15 is 0 Å². The van der Waals surface area contributed by atoms with Crippen molar-refractivity contribution in [1.29, 1.82) is 0 Å². The molecule has 0 bridgehead atoms. The van der Waals surface area contributed by atoms with Crippen LogP contribution in [-0.4, -0.2) is 8.76 Å². The van der Waals surface area contributed by atoms with Gasteiger partial charge in [0.2, 0.25) is 0 Å². The summed E-state index contributed by atoms with van der Waals surface area (Å²) >= 11 is -2.35. The number of hydrogen-bond donors (Lipinski definition) is 1. The second-order valence-electron chi connectivity index (χ2n) is 3.36. The van der Waals surface area contributed by atoms with Gasteiger partial charge in [-0.1, -0.05) is 18.2 Å². The highest BCUT2D eigenvalue weighted by Crippen LogP contribution is 2.29. The molecule has 2 rings (SSSR count). The second kappa shape index (κ2) is 4.99. The molecule has 0 aliphatic heterocycles. The van der Waals surface area contributed by atoms with Crippen molar-refractivity contribution in [2.24, 2.45) is 0 Å². The summed E-state index contributed by atoms with van der Waals surface area (Å²) in [7, 11) is 0. The van der Waals surface area contributed by atoms with Gasteiger partial charge in [0, 0.05) is 11.8 Å². The van der Waals surface area contributed by atoms with Gasteiger partial charge >= 0.3 is 0 Å². The summed E-state index contributed by atoms with van der Waals surface area (Å²) in [4.78, 5) is 0.0862. The average Bonchev–Trinajstić information content (AvgIpc) is 2.30. The third-order valence-electron chi connectivity index (χ3n) is 2.12. The van der Waals surface area contributed by atoms with E-state index < -0.39 is 11.1 Å². The first kappa shape index (κ1) is 11.6. The normalized spacial score (nSPS) is 12.1. The maximum Gasteiger partial charge on any atom is 0.144 e. The Morgan fingerprint density at radius 1 is 1.12 bits per heavy atom. The first-order chi connectivity index (χ1) is 8.16. The van der Waals surface area contributed by atoms with Crippen LogP contribution in [0, 0.1) is 0 Å². The summed E-state index contributed by atoms with van der Waals surface area (Å²) < 4.78 is 27.5. The summed E-state index contributed by atoms with van der Waals surface area (Å²) in [5.74, 6) is 0.786. The Morgan fingerprint density at radius 3 is 2.47 bits per heavy atom. The highest BCUT2D eigenvalue weighted by Gasteiger charge is 2.06. The van der Waals surface area contributed by atoms with Crippen LogP contribution >= 0.6 is 0 Å². The first-order valence-electron chi connectivity index (χ1n) is 4.88. The van der Waals surface area contributed by atoms with Crippen molar-refractivity contribution in [3.8, 4) is 11.5 Å². The van der Waals surface area contributed by atoms with Crippen LogP contribution < -0.4 is 10.5 Å². The van der Waals surface area contributed by atoms with Gasteiger partial charge in [-0.15, -0.1) is 0 Å². The summed E-state index contributed by atoms with van der Waals surface area (Å²) in [6.45, 7) is 0. The minimum absolute atomic E-state index is 0.0862. The Labute approximate surface area is 101 Å². The van der Waals surface area contributed by atoms with Crippen molar-refractivity contribution in [2.75, 3.05) is 5.73 Å². The Hall–Kier alpha value is -1.85. The monoisotopic (exact) mass is 248 g/mol. The van der Waals surface area contributed by atoms with Gasteiger partial charge in [0.05, 0.1) is 4.90 Å². The van der Waals surface area contributed by atoms with Crippen molar-refractivity contribution >= 4 is 16.8 Å². The minimum atomic E-state index is -2.35. The lowest BCUT2D eigenvalue weighted by Crippen LogP contribution is -1.96. The fraction of sp³-hybridized carbons (Fsp3) is 0. The standard InChI is InChI=1S/C12H11NO3S/c13-9-6-7-12(17(14)15)11(8-9)16-10-4-2-1-3-5-10/h1-8H,13H2,(H,14,15)/p-1. The topological polar surface area (TPSA) is 75.4 Å². The molecule has 2 aromatic carbocycles. The van der Waals surface area contributed by atoms with Gasteiger partial charge in [0.25, 0.3) is 0 Å². The van der Waals surface area contributed by atoms with Crippen LogP contribution in [0.3, 0.4) is 0 Å². The maximum absolute atomic E-state index is 11.0. The Kier molecular flexibility index (Phi) is 3.41. The van der Waals surface area contributed by atoms with Gasteiger partial charge < -0.3 is 15.0 Å². The van der Waals surface area contributed by atoms with E-state index in [0.29, 0.717) is 11.4 Å². The molecule has 1 atom stereocenters. The quantitative estimate of drug-likeness (QED) is 0.668. The van der Waals surface area contributed by atoms with Gasteiger partial charge in [-0.2, -0.15) is 0 Å². The van der Waals surface area contributed by atoms with E-state index in [0.717, 1.165) is 0 Å². The van der Waals surface area contributed by atoms with Crippen LogP contribution in [0.25, 0.3) is 0 Å². The van der Waals surface area contributed by atoms with Crippen LogP contribution in [0.15, 0.2) is 53.4 Å². The minimum Gasteiger partial charge on any atom is -0.768 e. The van der Waals surface area contributed by atoms with Crippen LogP contribution in [0.4, 0.5) is 5.69 Å². The molecule has 0 saturated carbocycles. The lowest BCUT2D eigenvalue weighted by Gasteiger charge is -2.13. The van der Waals surface area contributed by atoms with Crippen LogP contribution in [-0.2, 0) is 11.1 Å². The highest BCUT2D eigenvalue weighted by molar-refractivity contribution is 7.79. The van der Waals surface area contributed by atoms with Gasteiger partial charge in [-0.3, -0.25) is 4.21 Å². The largest absolute Gasteiger partial charge is 0.768 e. The lowest BCUT2D eigenvalue weighted by atomic mass is 10.3. The molecule has 0 radical (unpaired) electrons. The summed E-state index contributed by atoms with van der Waals surface area (Å²) in [5.41, 5.74) is 6.05. The number of benzene rings is 2. The van der Waals surface area contributed by atoms with Gasteiger partial charge in [0.1, 0.15) is 11.5 Å². The second-order valence-corrected chi connectivity index (χ2v) is 4.27. The van der Waals surface area contributed by atoms with E-state index in [2.05, 4.69) is 0 Å². The van der Waals surface area contributed by atoms with E-state index in [4.69, 9.17) is 10.5 Å². The number of para-hydroxylation sites is 1. The van der Waals surface area contributed by atoms with Crippen molar-refractivity contribution in [2.45, 2.75) is 4.90 Å². The molecule has 5 heteroatoms. The number of ether oxygens (including phenoxy) is 1. The van der Waals surface area contributed by atoms with Crippen molar-refractivity contribution < 1.29 is 13.5 Å². The zero-order valence-corrected chi connectivity index (χ0v) is 9.65. The molecule has 4 nitrogen and oxygen atoms in total. The molecule has 0 aromatic heterocycles. The molecule has 0 aliphatic carbocycles. The molecule has 0 heterocycles. The molecule has 17 heavy (non-hydrogen) atoms. The molecule has 0 fully saturated rings. The van der Waals surface area contributed by atoms with E-state index in [1.165, 1.54) is 18.2 Å². The molecule has 2 aromatic rings. The number of nitrogens with two attached hydrogens (primary N) is 1. The highest BCUT2D eigenvalue weighted by atomic mass is 32.2. The molecule has 0 saturated heterocycles. The molecule has 0 aliphatic rings. The van der Waals surface area contributed by atoms with Crippen LogP contribution in [0.5, 0.6) is 11.5 Å². The van der Waals surface area contributed by atoms with E-state index in [1.807, 2.05) is 6.07 Å². The van der Waals surface area contributed by atoms with Crippen molar-refractivity contribution in [3.63, 3.8) is 0 Å². The predicted octanol–water partition coefficient (Wildman–Crippen LogP) is 2.30. The smallest absolute Gasteiger partial charge is 0.144 e. The Morgan fingerprint density at radius 2 is 1.82 bits per heavy atom. The third kappa shape index (κ3) is 2.83. The first-order valence-corrected chi connectivity index (χ1v) is 5.96. The molecule has 88 valence electrons. The summed E-state index contributed by atoms with van der Waals surface area (Å²) in [6.07, 6.45) is 0. The van der Waals surface area contributed by atoms with E-state index in [9.17, 15) is 8.76 Å². The molecule has 1 unspecified atom stereocenters. The molecule has 0 amide bonds. The Bertz CT molecular complexity index is 543. The predicted molar refractivity (Wildman–Crippen MR) is 64.6 cm³/mol. The Balaban J connectivity index is 2.37. The number of nitrogen functional groups attached to an aromatic ring is 1. The van der Waals surface area contributed by atoms with Gasteiger partial charge in [0.15, 0.2) is 0 Å². The van der Waals surface area contributed by atoms with Crippen LogP contribution in [0.1, 0.15) is 0 Å². The average molecular weight is 248 g/mol. The number of rotatable bonds is 3. The van der Waals surface area contributed by atoms with Gasteiger partial charge in [-0.25, -0.2) is 0 Å². The SMILES string of the molecule is Nc1ccc(S(=O)[O-])c(Oc2ccccc2)c1. The van der Waals surface area contributed by atoms with Gasteiger partial charge in [-0.05, 0) is 35.3 Å². The van der Waals surface area contributed by atoms with Crippen molar-refractivity contribution in [3.05, 3.63) is 48.5 Å². The zero-order chi connectivity index (χ0) is 12.3. The molecule has 2 N–H and O–H groups in total. The fourth-order valence-corrected chi connectivity index (χ4v) is 1.80. The zero-order valence-electron chi connectivity index (χ0n) is 8.83. The molecular formula is C12H10NO3S-. The van der Waals surface area contributed by atoms with Crippen LogP contribution in [0.2, 0.25) is 0 Å². The molecule has 0 spiro atoms. The summed E-state index contributed by atoms with van der Waals surface area (Å²) in [5, 5.41) is 0. The van der Waals surface area contributed by atoms with E-state index in [1.54, 1.807) is 24.3 Å². The summed E-state index contributed by atoms with van der Waals surface area (Å²) in [6, 6.07) is 13.3. The maximum atomic E-state index is 11.0. The lowest BCUT2D eigenvalue weighted by molar-refractivity contribution is 0.464. The van der Waals surface area contributed by atoms with Crippen molar-refractivity contribution in [1.82, 2.24) is 0 Å². The van der Waals surface area contributed by atoms with E-state index in [-0.39, 0.29) is 10.6 Å². The fourth-order valence-electron chi connectivity index (χ4n) is 1.36.